The van der Waals surface area contributed by atoms with Crippen LogP contribution in [0.25, 0.3) is 17.0 Å². The number of aromatic nitrogens is 5. The molecule has 0 aliphatic carbocycles. The van der Waals surface area contributed by atoms with Crippen molar-refractivity contribution in [3.8, 4) is 11.4 Å². The molecule has 4 heterocycles. The van der Waals surface area contributed by atoms with Gasteiger partial charge in [0.2, 0.25) is 0 Å². The van der Waals surface area contributed by atoms with Gasteiger partial charge in [-0.1, -0.05) is 0 Å². The van der Waals surface area contributed by atoms with Crippen LogP contribution in [0.1, 0.15) is 18.5 Å². The molecule has 3 aromatic heterocycles. The molecule has 1 fully saturated rings. The molecule has 1 unspecified atom stereocenters. The lowest BCUT2D eigenvalue weighted by Crippen LogP contribution is -2.38. The number of halogens is 3. The highest BCUT2D eigenvalue weighted by Crippen LogP contribution is 2.29. The first-order valence-corrected chi connectivity index (χ1v) is 11.6. The van der Waals surface area contributed by atoms with Gasteiger partial charge in [0.1, 0.15) is 17.8 Å². The maximum absolute atomic E-state index is 13.1. The van der Waals surface area contributed by atoms with Gasteiger partial charge in [0, 0.05) is 41.4 Å². The molecule has 1 saturated heterocycles. The fourth-order valence-corrected chi connectivity index (χ4v) is 4.36. The third-order valence-corrected chi connectivity index (χ3v) is 5.50. The SMILES string of the molecule is CS(C)(=O)=NC1CCCN(c2cc(-c3cnc4ccc(C(F)(F)F)nn34)ncn2)C1. The number of rotatable bonds is 3. The number of alkyl halides is 3. The third-order valence-electron chi connectivity index (χ3n) is 4.69. The van der Waals surface area contributed by atoms with Gasteiger partial charge in [0.25, 0.3) is 0 Å². The first kappa shape index (κ1) is 20.5. The van der Waals surface area contributed by atoms with E-state index in [2.05, 4.69) is 24.4 Å². The highest BCUT2D eigenvalue weighted by atomic mass is 32.2. The molecule has 4 rings (SSSR count). The van der Waals surface area contributed by atoms with Crippen molar-refractivity contribution in [3.05, 3.63) is 36.4 Å². The standard InChI is InChI=1S/C18H20F3N7OS/c1-30(2,29)26-12-4-3-7-27(10-12)17-8-13(23-11-24-17)14-9-22-16-6-5-15(18(19,20)21)25-28(14)16/h5-6,8-9,11-12H,3-4,7,10H2,1-2H3. The normalized spacial score (nSPS) is 18.0. The molecular formula is C18H20F3N7OS. The summed E-state index contributed by atoms with van der Waals surface area (Å²) in [5.41, 5.74) is 0.0266. The molecule has 30 heavy (non-hydrogen) atoms. The molecule has 0 amide bonds. The minimum atomic E-state index is -4.56. The van der Waals surface area contributed by atoms with Gasteiger partial charge in [-0.15, -0.1) is 0 Å². The van der Waals surface area contributed by atoms with Crippen molar-refractivity contribution in [2.45, 2.75) is 25.1 Å². The van der Waals surface area contributed by atoms with E-state index in [0.717, 1.165) is 30.0 Å². The Labute approximate surface area is 171 Å². The Morgan fingerprint density at radius 3 is 2.73 bits per heavy atom. The molecule has 160 valence electrons. The Morgan fingerprint density at radius 2 is 2.00 bits per heavy atom. The predicted octanol–water partition coefficient (Wildman–Crippen LogP) is 2.90. The van der Waals surface area contributed by atoms with Crippen LogP contribution in [0.2, 0.25) is 0 Å². The zero-order chi connectivity index (χ0) is 21.5. The van der Waals surface area contributed by atoms with Crippen LogP contribution in [0, 0.1) is 0 Å². The average Bonchev–Trinajstić information content (AvgIpc) is 3.09. The number of hydrogen-bond donors (Lipinski definition) is 0. The van der Waals surface area contributed by atoms with E-state index in [0.29, 0.717) is 23.8 Å². The van der Waals surface area contributed by atoms with Crippen LogP contribution in [-0.4, -0.2) is 60.4 Å². The fourth-order valence-electron chi connectivity index (χ4n) is 3.47. The summed E-state index contributed by atoms with van der Waals surface area (Å²) in [5.74, 6) is 0.625. The Balaban J connectivity index is 1.68. The Morgan fingerprint density at radius 1 is 1.20 bits per heavy atom. The van der Waals surface area contributed by atoms with Crippen molar-refractivity contribution in [1.82, 2.24) is 24.6 Å². The maximum atomic E-state index is 13.1. The van der Waals surface area contributed by atoms with E-state index in [1.54, 1.807) is 18.6 Å². The van der Waals surface area contributed by atoms with Crippen molar-refractivity contribution < 1.29 is 17.4 Å². The molecule has 8 nitrogen and oxygen atoms in total. The summed E-state index contributed by atoms with van der Waals surface area (Å²) >= 11 is 0. The van der Waals surface area contributed by atoms with E-state index in [9.17, 15) is 17.4 Å². The molecule has 1 aliphatic heterocycles. The highest BCUT2D eigenvalue weighted by molar-refractivity contribution is 7.92. The predicted molar refractivity (Wildman–Crippen MR) is 107 cm³/mol. The number of imidazole rings is 1. The summed E-state index contributed by atoms with van der Waals surface area (Å²) in [4.78, 5) is 14.7. The summed E-state index contributed by atoms with van der Waals surface area (Å²) in [6, 6.07) is 3.80. The summed E-state index contributed by atoms with van der Waals surface area (Å²) in [6.45, 7) is 1.32. The lowest BCUT2D eigenvalue weighted by Gasteiger charge is -2.31. The number of nitrogens with zero attached hydrogens (tertiary/aromatic N) is 7. The minimum Gasteiger partial charge on any atom is -0.354 e. The molecule has 12 heteroatoms. The van der Waals surface area contributed by atoms with Gasteiger partial charge in [-0.05, 0) is 25.0 Å². The van der Waals surface area contributed by atoms with Crippen LogP contribution >= 0.6 is 0 Å². The van der Waals surface area contributed by atoms with E-state index >= 15 is 0 Å². The van der Waals surface area contributed by atoms with Gasteiger partial charge in [-0.25, -0.2) is 23.8 Å². The molecule has 0 N–H and O–H groups in total. The van der Waals surface area contributed by atoms with Gasteiger partial charge in [-0.2, -0.15) is 18.3 Å². The average molecular weight is 439 g/mol. The highest BCUT2D eigenvalue weighted by Gasteiger charge is 2.33. The smallest absolute Gasteiger partial charge is 0.354 e. The largest absolute Gasteiger partial charge is 0.435 e. The number of hydrogen-bond acceptors (Lipinski definition) is 7. The second kappa shape index (κ2) is 7.49. The van der Waals surface area contributed by atoms with E-state index in [4.69, 9.17) is 0 Å². The molecular weight excluding hydrogens is 419 g/mol. The van der Waals surface area contributed by atoms with Crippen molar-refractivity contribution in [3.63, 3.8) is 0 Å². The Bertz CT molecular complexity index is 1190. The van der Waals surface area contributed by atoms with Gasteiger partial charge < -0.3 is 4.90 Å². The number of anilines is 1. The Hall–Kier alpha value is -2.76. The number of fused-ring (bicyclic) bond motifs is 1. The maximum Gasteiger partial charge on any atom is 0.435 e. The summed E-state index contributed by atoms with van der Waals surface area (Å²) < 4.78 is 56.7. The lowest BCUT2D eigenvalue weighted by atomic mass is 10.1. The van der Waals surface area contributed by atoms with Crippen LogP contribution in [0.4, 0.5) is 19.0 Å². The topological polar surface area (TPSA) is 88.6 Å². The van der Waals surface area contributed by atoms with Crippen LogP contribution < -0.4 is 4.90 Å². The van der Waals surface area contributed by atoms with Crippen molar-refractivity contribution in [2.24, 2.45) is 4.36 Å². The van der Waals surface area contributed by atoms with Crippen LogP contribution in [0.5, 0.6) is 0 Å². The van der Waals surface area contributed by atoms with E-state index in [1.165, 1.54) is 18.6 Å². The zero-order valence-electron chi connectivity index (χ0n) is 16.4. The molecule has 3 aromatic rings. The molecule has 0 saturated carbocycles. The molecule has 1 atom stereocenters. The van der Waals surface area contributed by atoms with E-state index in [1.807, 2.05) is 4.90 Å². The monoisotopic (exact) mass is 439 g/mol. The first-order valence-electron chi connectivity index (χ1n) is 9.26. The van der Waals surface area contributed by atoms with Gasteiger partial charge in [0.15, 0.2) is 11.3 Å². The van der Waals surface area contributed by atoms with Crippen LogP contribution in [-0.2, 0) is 15.9 Å². The molecule has 1 aliphatic rings. The second-order valence-corrected chi connectivity index (χ2v) is 9.99. The summed E-state index contributed by atoms with van der Waals surface area (Å²) in [6.07, 6.45) is 3.19. The second-order valence-electron chi connectivity index (χ2n) is 7.42. The lowest BCUT2D eigenvalue weighted by molar-refractivity contribution is -0.141. The summed E-state index contributed by atoms with van der Waals surface area (Å²) in [7, 11) is -2.21. The van der Waals surface area contributed by atoms with Gasteiger partial charge >= 0.3 is 6.18 Å². The van der Waals surface area contributed by atoms with Gasteiger partial charge in [0.05, 0.1) is 17.9 Å². The van der Waals surface area contributed by atoms with Gasteiger partial charge in [-0.3, -0.25) is 4.21 Å². The Kier molecular flexibility index (Phi) is 5.12. The summed E-state index contributed by atoms with van der Waals surface area (Å²) in [5, 5.41) is 3.69. The van der Waals surface area contributed by atoms with E-state index in [-0.39, 0.29) is 11.7 Å². The number of piperidine rings is 1. The van der Waals surface area contributed by atoms with E-state index < -0.39 is 21.6 Å². The zero-order valence-corrected chi connectivity index (χ0v) is 17.2. The minimum absolute atomic E-state index is 0.0635. The third kappa shape index (κ3) is 4.37. The van der Waals surface area contributed by atoms with Crippen molar-refractivity contribution >= 4 is 21.2 Å². The van der Waals surface area contributed by atoms with Crippen molar-refractivity contribution in [2.75, 3.05) is 30.5 Å². The molecule has 0 aromatic carbocycles. The van der Waals surface area contributed by atoms with Crippen LogP contribution in [0.3, 0.4) is 0 Å². The molecule has 0 radical (unpaired) electrons. The van der Waals surface area contributed by atoms with Crippen molar-refractivity contribution in [1.29, 1.82) is 0 Å². The first-order chi connectivity index (χ1) is 14.1. The molecule has 0 spiro atoms. The fraction of sp³-hybridized carbons (Fsp3) is 0.444. The quantitative estimate of drug-likeness (QED) is 0.624. The van der Waals surface area contributed by atoms with Crippen LogP contribution in [0.15, 0.2) is 35.1 Å². The molecule has 0 bridgehead atoms.